The number of hydrogen-bond donors (Lipinski definition) is 1. The lowest BCUT2D eigenvalue weighted by Gasteiger charge is -2.01. The number of benzene rings is 1. The summed E-state index contributed by atoms with van der Waals surface area (Å²) >= 11 is 5.90. The maximum atomic E-state index is 11.3. The van der Waals surface area contributed by atoms with Crippen molar-refractivity contribution in [3.8, 4) is 0 Å². The van der Waals surface area contributed by atoms with Gasteiger partial charge in [0.1, 0.15) is 5.69 Å². The minimum absolute atomic E-state index is 0.223. The van der Waals surface area contributed by atoms with Crippen LogP contribution < -0.4 is 0 Å². The van der Waals surface area contributed by atoms with Gasteiger partial charge in [-0.2, -0.15) is 5.10 Å². The van der Waals surface area contributed by atoms with Crippen molar-refractivity contribution in [3.05, 3.63) is 28.4 Å². The third-order valence-electron chi connectivity index (χ3n) is 2.20. The standard InChI is InChI=1S/C10H7ClN2O3/c1-16-10(15)5-3-8-6(2-7(5)11)9(4-14)13-12-8/h2-4H,1H3,(H,12,13). The van der Waals surface area contributed by atoms with Gasteiger partial charge in [-0.25, -0.2) is 4.79 Å². The molecule has 2 rings (SSSR count). The zero-order valence-corrected chi connectivity index (χ0v) is 9.04. The van der Waals surface area contributed by atoms with E-state index in [9.17, 15) is 9.59 Å². The van der Waals surface area contributed by atoms with Crippen molar-refractivity contribution >= 4 is 34.8 Å². The number of carbonyl (C=O) groups is 2. The number of carbonyl (C=O) groups excluding carboxylic acids is 2. The zero-order chi connectivity index (χ0) is 11.7. The molecule has 1 heterocycles. The second kappa shape index (κ2) is 3.94. The van der Waals surface area contributed by atoms with Crippen molar-refractivity contribution in [1.82, 2.24) is 10.2 Å². The van der Waals surface area contributed by atoms with E-state index < -0.39 is 5.97 Å². The highest BCUT2D eigenvalue weighted by atomic mass is 35.5. The molecule has 0 aliphatic carbocycles. The van der Waals surface area contributed by atoms with Crippen molar-refractivity contribution in [1.29, 1.82) is 0 Å². The third kappa shape index (κ3) is 1.55. The van der Waals surface area contributed by atoms with Crippen LogP contribution in [0.15, 0.2) is 12.1 Å². The summed E-state index contributed by atoms with van der Waals surface area (Å²) in [4.78, 5) is 22.0. The number of fused-ring (bicyclic) bond motifs is 1. The number of H-pyrrole nitrogens is 1. The molecule has 0 spiro atoms. The van der Waals surface area contributed by atoms with Gasteiger partial charge in [0.2, 0.25) is 0 Å². The van der Waals surface area contributed by atoms with E-state index >= 15 is 0 Å². The number of halogens is 1. The van der Waals surface area contributed by atoms with Gasteiger partial charge in [0.15, 0.2) is 6.29 Å². The van der Waals surface area contributed by atoms with Crippen LogP contribution in [0.25, 0.3) is 10.9 Å². The lowest BCUT2D eigenvalue weighted by atomic mass is 10.1. The molecule has 1 N–H and O–H groups in total. The van der Waals surface area contributed by atoms with Crippen molar-refractivity contribution < 1.29 is 14.3 Å². The monoisotopic (exact) mass is 238 g/mol. The van der Waals surface area contributed by atoms with E-state index in [1.54, 1.807) is 0 Å². The van der Waals surface area contributed by atoms with Gasteiger partial charge in [-0.3, -0.25) is 9.89 Å². The molecule has 5 nitrogen and oxygen atoms in total. The van der Waals surface area contributed by atoms with Crippen LogP contribution in [-0.4, -0.2) is 29.6 Å². The van der Waals surface area contributed by atoms with E-state index in [0.29, 0.717) is 22.9 Å². The number of nitrogens with one attached hydrogen (secondary N) is 1. The normalized spacial score (nSPS) is 10.4. The average Bonchev–Trinajstić information content (AvgIpc) is 2.69. The fraction of sp³-hybridized carbons (Fsp3) is 0.100. The summed E-state index contributed by atoms with van der Waals surface area (Å²) in [6.07, 6.45) is 0.642. The van der Waals surface area contributed by atoms with Crippen molar-refractivity contribution in [3.63, 3.8) is 0 Å². The summed E-state index contributed by atoms with van der Waals surface area (Å²) in [5, 5.41) is 7.23. The van der Waals surface area contributed by atoms with Gasteiger partial charge in [-0.1, -0.05) is 11.6 Å². The van der Waals surface area contributed by atoms with Gasteiger partial charge >= 0.3 is 5.97 Å². The van der Waals surface area contributed by atoms with E-state index in [0.717, 1.165) is 0 Å². The molecular weight excluding hydrogens is 232 g/mol. The number of hydrogen-bond acceptors (Lipinski definition) is 4. The lowest BCUT2D eigenvalue weighted by Crippen LogP contribution is -2.01. The molecule has 0 atom stereocenters. The van der Waals surface area contributed by atoms with Gasteiger partial charge in [-0.15, -0.1) is 0 Å². The molecule has 0 bridgehead atoms. The molecule has 0 unspecified atom stereocenters. The van der Waals surface area contributed by atoms with Crippen molar-refractivity contribution in [2.45, 2.75) is 0 Å². The molecule has 1 aromatic heterocycles. The minimum atomic E-state index is -0.539. The fourth-order valence-electron chi connectivity index (χ4n) is 1.41. The Hall–Kier alpha value is -1.88. The molecule has 1 aromatic carbocycles. The van der Waals surface area contributed by atoms with Gasteiger partial charge < -0.3 is 4.74 Å². The van der Waals surface area contributed by atoms with Crippen LogP contribution in [-0.2, 0) is 4.74 Å². The second-order valence-corrected chi connectivity index (χ2v) is 3.50. The molecule has 6 heteroatoms. The van der Waals surface area contributed by atoms with E-state index in [1.165, 1.54) is 19.2 Å². The third-order valence-corrected chi connectivity index (χ3v) is 2.51. The average molecular weight is 239 g/mol. The molecule has 0 amide bonds. The van der Waals surface area contributed by atoms with Crippen LogP contribution in [0.5, 0.6) is 0 Å². The van der Waals surface area contributed by atoms with E-state index in [-0.39, 0.29) is 10.6 Å². The maximum Gasteiger partial charge on any atom is 0.339 e. The highest BCUT2D eigenvalue weighted by Crippen LogP contribution is 2.24. The van der Waals surface area contributed by atoms with Crippen molar-refractivity contribution in [2.24, 2.45) is 0 Å². The highest BCUT2D eigenvalue weighted by molar-refractivity contribution is 6.34. The summed E-state index contributed by atoms with van der Waals surface area (Å²) in [5.41, 5.74) is 1.04. The molecule has 0 saturated heterocycles. The highest BCUT2D eigenvalue weighted by Gasteiger charge is 2.14. The van der Waals surface area contributed by atoms with E-state index in [2.05, 4.69) is 14.9 Å². The molecule has 2 aromatic rings. The number of aromatic nitrogens is 2. The first-order valence-corrected chi connectivity index (χ1v) is 4.76. The fourth-order valence-corrected chi connectivity index (χ4v) is 1.65. The van der Waals surface area contributed by atoms with Gasteiger partial charge in [0.05, 0.1) is 23.2 Å². The Balaban J connectivity index is 2.68. The van der Waals surface area contributed by atoms with Gasteiger partial charge in [0, 0.05) is 5.39 Å². The quantitative estimate of drug-likeness (QED) is 0.640. The summed E-state index contributed by atoms with van der Waals surface area (Å²) in [7, 11) is 1.27. The molecule has 0 saturated carbocycles. The Morgan fingerprint density at radius 1 is 1.56 bits per heavy atom. The Labute approximate surface area is 95.3 Å². The van der Waals surface area contributed by atoms with Crippen molar-refractivity contribution in [2.75, 3.05) is 7.11 Å². The first kappa shape index (κ1) is 10.6. The molecular formula is C10H7ClN2O3. The summed E-state index contributed by atoms with van der Waals surface area (Å²) in [6.45, 7) is 0. The molecule has 0 aliphatic heterocycles. The smallest absolute Gasteiger partial charge is 0.339 e. The zero-order valence-electron chi connectivity index (χ0n) is 8.28. The van der Waals surface area contributed by atoms with Crippen LogP contribution in [0.3, 0.4) is 0 Å². The maximum absolute atomic E-state index is 11.3. The summed E-state index contributed by atoms with van der Waals surface area (Å²) in [6, 6.07) is 2.99. The molecule has 0 fully saturated rings. The predicted octanol–water partition coefficient (Wildman–Crippen LogP) is 1.82. The van der Waals surface area contributed by atoms with E-state index in [1.807, 2.05) is 0 Å². The predicted molar refractivity (Wildman–Crippen MR) is 57.8 cm³/mol. The van der Waals surface area contributed by atoms with Gasteiger partial charge in [0.25, 0.3) is 0 Å². The number of ether oxygens (including phenoxy) is 1. The Kier molecular flexibility index (Phi) is 2.62. The van der Waals surface area contributed by atoms with E-state index in [4.69, 9.17) is 11.6 Å². The second-order valence-electron chi connectivity index (χ2n) is 3.10. The molecule has 82 valence electrons. The molecule has 16 heavy (non-hydrogen) atoms. The van der Waals surface area contributed by atoms with Crippen LogP contribution in [0.1, 0.15) is 20.8 Å². The van der Waals surface area contributed by atoms with Crippen LogP contribution >= 0.6 is 11.6 Å². The number of rotatable bonds is 2. The number of aromatic amines is 1. The first-order valence-electron chi connectivity index (χ1n) is 4.38. The largest absolute Gasteiger partial charge is 0.465 e. The SMILES string of the molecule is COC(=O)c1cc2n[nH]c(C=O)c2cc1Cl. The van der Waals surface area contributed by atoms with Gasteiger partial charge in [-0.05, 0) is 12.1 Å². The number of methoxy groups -OCH3 is 1. The minimum Gasteiger partial charge on any atom is -0.465 e. The van der Waals surface area contributed by atoms with Crippen LogP contribution in [0.2, 0.25) is 5.02 Å². The lowest BCUT2D eigenvalue weighted by molar-refractivity contribution is 0.0601. The Morgan fingerprint density at radius 3 is 2.94 bits per heavy atom. The topological polar surface area (TPSA) is 72.0 Å². The molecule has 0 radical (unpaired) electrons. The Bertz CT molecular complexity index is 577. The van der Waals surface area contributed by atoms with Crippen LogP contribution in [0, 0.1) is 0 Å². The number of aldehydes is 1. The molecule has 0 aliphatic rings. The summed E-state index contributed by atoms with van der Waals surface area (Å²) in [5.74, 6) is -0.539. The first-order chi connectivity index (χ1) is 7.67. The van der Waals surface area contributed by atoms with Crippen LogP contribution in [0.4, 0.5) is 0 Å². The number of nitrogens with zero attached hydrogens (tertiary/aromatic N) is 1. The summed E-state index contributed by atoms with van der Waals surface area (Å²) < 4.78 is 4.57. The number of esters is 1. The Morgan fingerprint density at radius 2 is 2.31 bits per heavy atom.